The molecular formula is C15H13Br2NO3. The van der Waals surface area contributed by atoms with E-state index in [0.29, 0.717) is 5.69 Å². The Labute approximate surface area is 138 Å². The number of benzene rings is 1. The molecule has 0 spiro atoms. The van der Waals surface area contributed by atoms with Crippen LogP contribution in [0.3, 0.4) is 0 Å². The van der Waals surface area contributed by atoms with Crippen molar-refractivity contribution in [1.29, 1.82) is 0 Å². The van der Waals surface area contributed by atoms with Crippen LogP contribution in [0.25, 0.3) is 0 Å². The summed E-state index contributed by atoms with van der Waals surface area (Å²) in [6.45, 7) is 0. The molecule has 21 heavy (non-hydrogen) atoms. The van der Waals surface area contributed by atoms with Crippen LogP contribution < -0.4 is 5.32 Å². The maximum atomic E-state index is 12.5. The number of carboxylic acid groups (broad SMARTS) is 1. The number of carboxylic acids is 1. The van der Waals surface area contributed by atoms with Crippen molar-refractivity contribution >= 4 is 49.4 Å². The largest absolute Gasteiger partial charge is 0.481 e. The van der Waals surface area contributed by atoms with Crippen molar-refractivity contribution in [1.82, 2.24) is 0 Å². The van der Waals surface area contributed by atoms with Crippen LogP contribution >= 0.6 is 31.9 Å². The third-order valence-corrected chi connectivity index (χ3v) is 5.39. The number of nitrogens with one attached hydrogen (secondary N) is 1. The average molecular weight is 415 g/mol. The van der Waals surface area contributed by atoms with Crippen LogP contribution in [0.2, 0.25) is 0 Å². The zero-order chi connectivity index (χ0) is 15.1. The van der Waals surface area contributed by atoms with Gasteiger partial charge in [-0.2, -0.15) is 0 Å². The molecule has 110 valence electrons. The predicted octanol–water partition coefficient (Wildman–Crippen LogP) is 3.67. The highest BCUT2D eigenvalue weighted by molar-refractivity contribution is 9.11. The van der Waals surface area contributed by atoms with E-state index in [0.717, 1.165) is 15.4 Å². The Morgan fingerprint density at radius 2 is 1.81 bits per heavy atom. The Balaban J connectivity index is 1.82. The number of hydrogen-bond acceptors (Lipinski definition) is 2. The number of anilines is 1. The van der Waals surface area contributed by atoms with Crippen LogP contribution in [0.1, 0.15) is 6.42 Å². The van der Waals surface area contributed by atoms with Gasteiger partial charge in [-0.05, 0) is 52.4 Å². The summed E-state index contributed by atoms with van der Waals surface area (Å²) in [5.41, 5.74) is 0.652. The van der Waals surface area contributed by atoms with E-state index in [4.69, 9.17) is 0 Å². The summed E-state index contributed by atoms with van der Waals surface area (Å²) >= 11 is 6.75. The van der Waals surface area contributed by atoms with E-state index in [-0.39, 0.29) is 17.7 Å². The summed E-state index contributed by atoms with van der Waals surface area (Å²) in [6, 6.07) is 5.45. The Bertz CT molecular complexity index is 644. The first-order valence-electron chi connectivity index (χ1n) is 6.64. The lowest BCUT2D eigenvalue weighted by atomic mass is 9.82. The Morgan fingerprint density at radius 1 is 1.14 bits per heavy atom. The van der Waals surface area contributed by atoms with Crippen molar-refractivity contribution in [2.45, 2.75) is 6.42 Å². The van der Waals surface area contributed by atoms with Gasteiger partial charge in [-0.1, -0.05) is 28.1 Å². The number of hydrogen-bond donors (Lipinski definition) is 2. The molecule has 0 aromatic heterocycles. The lowest BCUT2D eigenvalue weighted by Gasteiger charge is -2.24. The van der Waals surface area contributed by atoms with Crippen LogP contribution in [-0.2, 0) is 9.59 Å². The maximum absolute atomic E-state index is 12.5. The molecule has 0 heterocycles. The standard InChI is InChI=1S/C15H13Br2NO3/c16-9-3-4-11(10(17)6-9)18-14(19)12-7-1-2-8(5-7)13(12)15(20)21/h1-4,6-8,12-13H,5H2,(H,18,19)(H,20,21). The molecule has 3 rings (SSSR count). The molecule has 2 bridgehead atoms. The third-order valence-electron chi connectivity index (χ3n) is 4.24. The van der Waals surface area contributed by atoms with Gasteiger partial charge in [0.2, 0.25) is 5.91 Å². The smallest absolute Gasteiger partial charge is 0.307 e. The van der Waals surface area contributed by atoms with Gasteiger partial charge in [0.05, 0.1) is 17.5 Å². The van der Waals surface area contributed by atoms with E-state index in [9.17, 15) is 14.7 Å². The normalized spacial score (nSPS) is 29.6. The maximum Gasteiger partial charge on any atom is 0.307 e. The number of halogens is 2. The van der Waals surface area contributed by atoms with E-state index >= 15 is 0 Å². The van der Waals surface area contributed by atoms with Crippen molar-refractivity contribution < 1.29 is 14.7 Å². The molecular weight excluding hydrogens is 402 g/mol. The van der Waals surface area contributed by atoms with Crippen LogP contribution in [0.15, 0.2) is 39.3 Å². The van der Waals surface area contributed by atoms with Gasteiger partial charge in [0.1, 0.15) is 0 Å². The molecule has 2 N–H and O–H groups in total. The van der Waals surface area contributed by atoms with Gasteiger partial charge >= 0.3 is 5.97 Å². The number of rotatable bonds is 3. The summed E-state index contributed by atoms with van der Waals surface area (Å²) < 4.78 is 1.66. The van der Waals surface area contributed by atoms with Crippen molar-refractivity contribution in [2.75, 3.05) is 5.32 Å². The number of aliphatic carboxylic acids is 1. The summed E-state index contributed by atoms with van der Waals surface area (Å²) in [5.74, 6) is -2.20. The van der Waals surface area contributed by atoms with Gasteiger partial charge in [0.25, 0.3) is 0 Å². The predicted molar refractivity (Wildman–Crippen MR) is 85.8 cm³/mol. The first-order valence-corrected chi connectivity index (χ1v) is 8.23. The lowest BCUT2D eigenvalue weighted by molar-refractivity contribution is -0.146. The molecule has 4 nitrogen and oxygen atoms in total. The SMILES string of the molecule is O=C(O)C1C2C=CC(C2)C1C(=O)Nc1ccc(Br)cc1Br. The fourth-order valence-corrected chi connectivity index (χ4v) is 4.47. The molecule has 0 saturated heterocycles. The molecule has 4 unspecified atom stereocenters. The molecule has 0 radical (unpaired) electrons. The fourth-order valence-electron chi connectivity index (χ4n) is 3.32. The van der Waals surface area contributed by atoms with Crippen molar-refractivity contribution in [2.24, 2.45) is 23.7 Å². The molecule has 2 aliphatic carbocycles. The summed E-state index contributed by atoms with van der Waals surface area (Å²) in [7, 11) is 0. The fraction of sp³-hybridized carbons (Fsp3) is 0.333. The molecule has 1 fully saturated rings. The first-order chi connectivity index (χ1) is 9.97. The molecule has 1 aromatic rings. The highest BCUT2D eigenvalue weighted by Gasteiger charge is 2.51. The van der Waals surface area contributed by atoms with Crippen LogP contribution in [0.5, 0.6) is 0 Å². The van der Waals surface area contributed by atoms with E-state index in [1.54, 1.807) is 6.07 Å². The summed E-state index contributed by atoms with van der Waals surface area (Å²) in [6.07, 6.45) is 4.67. The molecule has 4 atom stereocenters. The van der Waals surface area contributed by atoms with Crippen LogP contribution in [0, 0.1) is 23.7 Å². The van der Waals surface area contributed by atoms with Crippen molar-refractivity contribution in [3.63, 3.8) is 0 Å². The molecule has 1 aromatic carbocycles. The van der Waals surface area contributed by atoms with Gasteiger partial charge in [0, 0.05) is 8.95 Å². The topological polar surface area (TPSA) is 66.4 Å². The van der Waals surface area contributed by atoms with Crippen LogP contribution in [-0.4, -0.2) is 17.0 Å². The minimum atomic E-state index is -0.887. The molecule has 0 aliphatic heterocycles. The summed E-state index contributed by atoms with van der Waals surface area (Å²) in [5, 5.41) is 12.2. The van der Waals surface area contributed by atoms with E-state index < -0.39 is 17.8 Å². The second-order valence-electron chi connectivity index (χ2n) is 5.45. The van der Waals surface area contributed by atoms with Crippen molar-refractivity contribution in [3.8, 4) is 0 Å². The molecule has 1 saturated carbocycles. The van der Waals surface area contributed by atoms with E-state index in [1.807, 2.05) is 24.3 Å². The van der Waals surface area contributed by atoms with Gasteiger partial charge in [0.15, 0.2) is 0 Å². The van der Waals surface area contributed by atoms with E-state index in [2.05, 4.69) is 37.2 Å². The number of allylic oxidation sites excluding steroid dienone is 2. The second kappa shape index (κ2) is 5.57. The minimum Gasteiger partial charge on any atom is -0.481 e. The average Bonchev–Trinajstić information content (AvgIpc) is 3.02. The lowest BCUT2D eigenvalue weighted by Crippen LogP contribution is -2.36. The number of amides is 1. The summed E-state index contributed by atoms with van der Waals surface area (Å²) in [4.78, 5) is 24.0. The highest BCUT2D eigenvalue weighted by atomic mass is 79.9. The zero-order valence-electron chi connectivity index (χ0n) is 10.9. The Morgan fingerprint density at radius 3 is 2.43 bits per heavy atom. The number of carbonyl (C=O) groups is 2. The van der Waals surface area contributed by atoms with Gasteiger partial charge in [-0.15, -0.1) is 0 Å². The van der Waals surface area contributed by atoms with Gasteiger partial charge in [-0.25, -0.2) is 0 Å². The monoisotopic (exact) mass is 413 g/mol. The van der Waals surface area contributed by atoms with Crippen LogP contribution in [0.4, 0.5) is 5.69 Å². The molecule has 1 amide bonds. The minimum absolute atomic E-state index is 0.0170. The highest BCUT2D eigenvalue weighted by Crippen LogP contribution is 2.48. The Hall–Kier alpha value is -1.14. The quantitative estimate of drug-likeness (QED) is 0.741. The first kappa shape index (κ1) is 14.8. The third kappa shape index (κ3) is 2.66. The molecule has 6 heteroatoms. The van der Waals surface area contributed by atoms with E-state index in [1.165, 1.54) is 0 Å². The number of fused-ring (bicyclic) bond motifs is 2. The second-order valence-corrected chi connectivity index (χ2v) is 7.22. The molecule has 2 aliphatic rings. The Kier molecular flexibility index (Phi) is 3.92. The number of carbonyl (C=O) groups excluding carboxylic acids is 1. The van der Waals surface area contributed by atoms with Gasteiger partial charge < -0.3 is 10.4 Å². The van der Waals surface area contributed by atoms with Gasteiger partial charge in [-0.3, -0.25) is 9.59 Å². The van der Waals surface area contributed by atoms with Crippen molar-refractivity contribution in [3.05, 3.63) is 39.3 Å². The zero-order valence-corrected chi connectivity index (χ0v) is 14.1.